The minimum atomic E-state index is -1.65. The Morgan fingerprint density at radius 2 is 2.13 bits per heavy atom. The van der Waals surface area contributed by atoms with Gasteiger partial charge >= 0.3 is 35.5 Å². The van der Waals surface area contributed by atoms with Crippen molar-refractivity contribution in [3.05, 3.63) is 33.7 Å². The van der Waals surface area contributed by atoms with E-state index < -0.39 is 34.9 Å². The first-order chi connectivity index (χ1) is 13.8. The third kappa shape index (κ3) is 4.76. The van der Waals surface area contributed by atoms with Gasteiger partial charge in [0.1, 0.15) is 12.0 Å². The molecule has 0 unspecified atom stereocenters. The first-order valence-electron chi connectivity index (χ1n) is 8.79. The van der Waals surface area contributed by atoms with Gasteiger partial charge in [-0.05, 0) is 18.4 Å². The molecule has 156 valence electrons. The van der Waals surface area contributed by atoms with E-state index in [-0.39, 0.29) is 66.2 Å². The molecule has 0 radical (unpaired) electrons. The summed E-state index contributed by atoms with van der Waals surface area (Å²) < 4.78 is 10.5. The molecule has 30 heavy (non-hydrogen) atoms. The van der Waals surface area contributed by atoms with E-state index in [1.54, 1.807) is 13.0 Å². The number of rotatable bonds is 8. The number of hydrogen-bond donors (Lipinski definition) is 1. The molecule has 12 heteroatoms. The van der Waals surface area contributed by atoms with Gasteiger partial charge in [-0.15, -0.1) is 23.1 Å². The number of thiophene rings is 1. The molecule has 1 saturated heterocycles. The van der Waals surface area contributed by atoms with E-state index >= 15 is 0 Å². The Hall–Kier alpha value is -1.37. The van der Waals surface area contributed by atoms with Crippen molar-refractivity contribution in [1.82, 2.24) is 10.2 Å². The molecule has 2 aliphatic heterocycles. The molecule has 0 spiro atoms. The number of nitrogens with zero attached hydrogens (tertiary/aromatic N) is 1. The molecule has 2 atom stereocenters. The van der Waals surface area contributed by atoms with Gasteiger partial charge in [-0.3, -0.25) is 19.3 Å². The van der Waals surface area contributed by atoms with Crippen molar-refractivity contribution in [2.75, 3.05) is 19.0 Å². The summed E-state index contributed by atoms with van der Waals surface area (Å²) in [5.41, 5.74) is -1.74. The molecule has 9 nitrogen and oxygen atoms in total. The van der Waals surface area contributed by atoms with Gasteiger partial charge < -0.3 is 24.7 Å². The Kier molecular flexibility index (Phi) is 8.54. The van der Waals surface area contributed by atoms with Crippen molar-refractivity contribution in [2.24, 2.45) is 0 Å². The molecule has 3 heterocycles. The number of aliphatic carboxylic acids is 1. The van der Waals surface area contributed by atoms with Crippen LogP contribution < -0.4 is 40.0 Å². The molecule has 1 fully saturated rings. The minimum absolute atomic E-state index is 0. The van der Waals surface area contributed by atoms with Crippen LogP contribution in [0.3, 0.4) is 0 Å². The van der Waals surface area contributed by atoms with Gasteiger partial charge in [-0.2, -0.15) is 0 Å². The van der Waals surface area contributed by atoms with E-state index in [1.807, 2.05) is 11.4 Å². The second-order valence-corrected chi connectivity index (χ2v) is 8.43. The summed E-state index contributed by atoms with van der Waals surface area (Å²) in [5.74, 6) is -3.04. The summed E-state index contributed by atoms with van der Waals surface area (Å²) in [6.45, 7) is 2.77. The Morgan fingerprint density at radius 3 is 2.70 bits per heavy atom. The van der Waals surface area contributed by atoms with Crippen molar-refractivity contribution in [2.45, 2.75) is 31.4 Å². The molecule has 0 aliphatic carbocycles. The first kappa shape index (κ1) is 24.9. The predicted octanol–water partition coefficient (Wildman–Crippen LogP) is -3.37. The molecular weight excluding hydrogens is 443 g/mol. The van der Waals surface area contributed by atoms with Crippen LogP contribution in [0.4, 0.5) is 0 Å². The van der Waals surface area contributed by atoms with Crippen molar-refractivity contribution >= 4 is 46.9 Å². The number of carboxylic acids is 1. The van der Waals surface area contributed by atoms with Crippen molar-refractivity contribution in [1.29, 1.82) is 0 Å². The molecule has 0 saturated carbocycles. The summed E-state index contributed by atoms with van der Waals surface area (Å²) in [7, 11) is 0. The van der Waals surface area contributed by atoms with Crippen LogP contribution in [0.1, 0.15) is 18.7 Å². The van der Waals surface area contributed by atoms with Crippen LogP contribution >= 0.6 is 23.1 Å². The summed E-state index contributed by atoms with van der Waals surface area (Å²) in [4.78, 5) is 50.1. The Balaban J connectivity index is 0.00000320. The number of β-lactam (4-membered cyclic amide) rings is 1. The molecule has 1 N–H and O–H groups in total. The molecule has 2 amide bonds. The fraction of sp³-hybridized carbons (Fsp3) is 0.444. The molecule has 3 rings (SSSR count). The van der Waals surface area contributed by atoms with Gasteiger partial charge in [0.15, 0.2) is 0 Å². The Bertz CT molecular complexity index is 874. The number of carbonyl (C=O) groups excluding carboxylic acids is 4. The van der Waals surface area contributed by atoms with Crippen LogP contribution in [-0.4, -0.2) is 58.7 Å². The maximum absolute atomic E-state index is 13.0. The number of amides is 2. The van der Waals surface area contributed by atoms with Crippen LogP contribution in [0.5, 0.6) is 0 Å². The zero-order valence-electron chi connectivity index (χ0n) is 16.8. The molecule has 0 aromatic carbocycles. The van der Waals surface area contributed by atoms with E-state index in [9.17, 15) is 24.3 Å². The summed E-state index contributed by atoms with van der Waals surface area (Å²) in [6.07, 6.45) is 0.0814. The van der Waals surface area contributed by atoms with E-state index in [2.05, 4.69) is 5.32 Å². The largest absolute Gasteiger partial charge is 1.00 e. The van der Waals surface area contributed by atoms with Crippen LogP contribution in [0.2, 0.25) is 0 Å². The normalized spacial score (nSPS) is 22.5. The van der Waals surface area contributed by atoms with Crippen molar-refractivity contribution < 1.29 is 63.3 Å². The Labute approximate surface area is 203 Å². The van der Waals surface area contributed by atoms with Gasteiger partial charge in [-0.25, -0.2) is 0 Å². The number of nitrogens with one attached hydrogen (secondary N) is 1. The van der Waals surface area contributed by atoms with E-state index in [1.165, 1.54) is 30.0 Å². The average Bonchev–Trinajstić information content (AvgIpc) is 3.17. The number of carboxylic acid groups (broad SMARTS) is 1. The second kappa shape index (κ2) is 10.3. The van der Waals surface area contributed by atoms with Crippen molar-refractivity contribution in [3.8, 4) is 0 Å². The fourth-order valence-electron chi connectivity index (χ4n) is 3.21. The molecule has 1 aromatic rings. The topological polar surface area (TPSA) is 125 Å². The van der Waals surface area contributed by atoms with Crippen LogP contribution in [0.25, 0.3) is 0 Å². The van der Waals surface area contributed by atoms with Gasteiger partial charge in [0, 0.05) is 29.7 Å². The molecule has 1 aromatic heterocycles. The minimum Gasteiger partial charge on any atom is -0.543 e. The zero-order valence-corrected chi connectivity index (χ0v) is 20.4. The van der Waals surface area contributed by atoms with E-state index in [0.717, 1.165) is 9.78 Å². The maximum Gasteiger partial charge on any atom is 1.00 e. The standard InChI is InChI=1S/C18H20N2O7S2.Na/c1-3-27-18(19-13(22)7-12-5-4-6-28-12)16(25)20-14(15(23)24)11(8-26-10(2)21)9-29-17(18)20;/h4-6,17H,3,7-9H2,1-2H3,(H,19,22)(H,23,24);/q;+1/p-1/t17-,18+;/m1./s1. The second-order valence-electron chi connectivity index (χ2n) is 6.33. The molecule has 0 bridgehead atoms. The number of thioether (sulfide) groups is 1. The van der Waals surface area contributed by atoms with E-state index in [4.69, 9.17) is 9.47 Å². The monoisotopic (exact) mass is 462 g/mol. The molecule has 2 aliphatic rings. The van der Waals surface area contributed by atoms with Crippen molar-refractivity contribution in [3.63, 3.8) is 0 Å². The van der Waals surface area contributed by atoms with Crippen LogP contribution in [0.15, 0.2) is 28.8 Å². The van der Waals surface area contributed by atoms with E-state index in [0.29, 0.717) is 0 Å². The smallest absolute Gasteiger partial charge is 0.543 e. The number of esters is 1. The SMILES string of the molecule is CCO[C@@]1(NC(=O)Cc2cccs2)C(=O)N2C(C(=O)[O-])=C(COC(C)=O)CS[C@@H]21.[Na+]. The average molecular weight is 462 g/mol. The van der Waals surface area contributed by atoms with Gasteiger partial charge in [0.05, 0.1) is 18.1 Å². The van der Waals surface area contributed by atoms with Crippen LogP contribution in [-0.2, 0) is 35.1 Å². The number of fused-ring (bicyclic) bond motifs is 1. The summed E-state index contributed by atoms with van der Waals surface area (Å²) in [5, 5.41) is 15.4. The first-order valence-corrected chi connectivity index (χ1v) is 10.7. The summed E-state index contributed by atoms with van der Waals surface area (Å²) in [6, 6.07) is 3.63. The third-order valence-electron chi connectivity index (χ3n) is 4.37. The Morgan fingerprint density at radius 1 is 1.40 bits per heavy atom. The fourth-order valence-corrected chi connectivity index (χ4v) is 5.31. The third-order valence-corrected chi connectivity index (χ3v) is 6.62. The maximum atomic E-state index is 13.0. The van der Waals surface area contributed by atoms with Gasteiger partial charge in [0.25, 0.3) is 11.6 Å². The van der Waals surface area contributed by atoms with Crippen LogP contribution in [0, 0.1) is 0 Å². The van der Waals surface area contributed by atoms with Gasteiger partial charge in [0.2, 0.25) is 5.91 Å². The number of hydrogen-bond acceptors (Lipinski definition) is 9. The predicted molar refractivity (Wildman–Crippen MR) is 102 cm³/mol. The van der Waals surface area contributed by atoms with Gasteiger partial charge in [-0.1, -0.05) is 6.07 Å². The molecular formula is C18H19N2NaO7S2. The number of ether oxygens (including phenoxy) is 2. The number of carbonyl (C=O) groups is 4. The summed E-state index contributed by atoms with van der Waals surface area (Å²) >= 11 is 2.64. The zero-order chi connectivity index (χ0) is 21.2. The quantitative estimate of drug-likeness (QED) is 0.184.